The summed E-state index contributed by atoms with van der Waals surface area (Å²) in [5, 5.41) is 19.7. The lowest BCUT2D eigenvalue weighted by Crippen LogP contribution is -1.94. The molecular weight excluding hydrogens is 324 g/mol. The van der Waals surface area contributed by atoms with E-state index in [9.17, 15) is 10.1 Å². The zero-order valence-electron chi connectivity index (χ0n) is 10.5. The van der Waals surface area contributed by atoms with Crippen molar-refractivity contribution < 1.29 is 9.66 Å². The first-order valence-electron chi connectivity index (χ1n) is 5.64. The number of nitro groups is 1. The summed E-state index contributed by atoms with van der Waals surface area (Å²) in [4.78, 5) is 10.2. The van der Waals surface area contributed by atoms with Crippen molar-refractivity contribution in [2.75, 3.05) is 0 Å². The fraction of sp³-hybridized carbons (Fsp3) is 0.0714. The Morgan fingerprint density at radius 1 is 1.30 bits per heavy atom. The molecule has 0 aliphatic heterocycles. The van der Waals surface area contributed by atoms with Crippen molar-refractivity contribution in [3.05, 3.63) is 62.1 Å². The maximum atomic E-state index is 10.8. The van der Waals surface area contributed by atoms with Crippen LogP contribution in [-0.4, -0.2) is 4.92 Å². The van der Waals surface area contributed by atoms with Gasteiger partial charge in [0.25, 0.3) is 5.69 Å². The largest absolute Gasteiger partial charge is 0.457 e. The Morgan fingerprint density at radius 3 is 2.65 bits per heavy atom. The fourth-order valence-corrected chi connectivity index (χ4v) is 2.16. The number of nitriles is 1. The molecule has 0 aromatic heterocycles. The van der Waals surface area contributed by atoms with Gasteiger partial charge in [-0.2, -0.15) is 5.26 Å². The third-order valence-corrected chi connectivity index (χ3v) is 3.14. The molecule has 0 fully saturated rings. The van der Waals surface area contributed by atoms with Crippen LogP contribution in [0.4, 0.5) is 5.69 Å². The smallest absolute Gasteiger partial charge is 0.287 e. The van der Waals surface area contributed by atoms with E-state index < -0.39 is 4.92 Å². The fourth-order valence-electron chi connectivity index (χ4n) is 1.68. The number of benzene rings is 2. The first-order valence-corrected chi connectivity index (χ1v) is 6.43. The number of halogens is 1. The molecule has 2 aromatic carbocycles. The highest BCUT2D eigenvalue weighted by molar-refractivity contribution is 9.10. The van der Waals surface area contributed by atoms with E-state index in [1.54, 1.807) is 12.1 Å². The van der Waals surface area contributed by atoms with Crippen LogP contribution in [0.2, 0.25) is 0 Å². The Kier molecular flexibility index (Phi) is 4.01. The second-order valence-corrected chi connectivity index (χ2v) is 4.98. The molecule has 0 aliphatic rings. The molecule has 0 spiro atoms. The van der Waals surface area contributed by atoms with E-state index in [1.807, 2.05) is 19.1 Å². The number of nitro benzene ring substituents is 1. The molecule has 0 heterocycles. The molecule has 0 aliphatic carbocycles. The molecule has 20 heavy (non-hydrogen) atoms. The van der Waals surface area contributed by atoms with Crippen molar-refractivity contribution in [3.8, 4) is 17.6 Å². The van der Waals surface area contributed by atoms with Crippen LogP contribution in [0, 0.1) is 28.4 Å². The van der Waals surface area contributed by atoms with Gasteiger partial charge in [0.15, 0.2) is 0 Å². The minimum Gasteiger partial charge on any atom is -0.457 e. The van der Waals surface area contributed by atoms with Gasteiger partial charge in [0.2, 0.25) is 0 Å². The first kappa shape index (κ1) is 14.0. The van der Waals surface area contributed by atoms with Crippen LogP contribution in [0.5, 0.6) is 11.5 Å². The maximum absolute atomic E-state index is 10.8. The number of aryl methyl sites for hydroxylation is 1. The molecule has 0 amide bonds. The molecule has 0 saturated carbocycles. The Morgan fingerprint density at radius 2 is 2.05 bits per heavy atom. The lowest BCUT2D eigenvalue weighted by atomic mass is 10.2. The average Bonchev–Trinajstić information content (AvgIpc) is 2.41. The predicted molar refractivity (Wildman–Crippen MR) is 76.8 cm³/mol. The molecule has 0 unspecified atom stereocenters. The number of nitrogens with zero attached hydrogens (tertiary/aromatic N) is 2. The molecule has 0 atom stereocenters. The van der Waals surface area contributed by atoms with Crippen molar-refractivity contribution >= 4 is 21.6 Å². The van der Waals surface area contributed by atoms with E-state index in [0.717, 1.165) is 10.0 Å². The van der Waals surface area contributed by atoms with Crippen LogP contribution in [0.15, 0.2) is 40.9 Å². The predicted octanol–water partition coefficient (Wildman–Crippen LogP) is 4.33. The van der Waals surface area contributed by atoms with Gasteiger partial charge in [-0.1, -0.05) is 15.9 Å². The minimum absolute atomic E-state index is 0.0257. The van der Waals surface area contributed by atoms with Gasteiger partial charge in [-0.25, -0.2) is 0 Å². The molecule has 0 N–H and O–H groups in total. The van der Waals surface area contributed by atoms with Gasteiger partial charge < -0.3 is 4.74 Å². The van der Waals surface area contributed by atoms with Gasteiger partial charge >= 0.3 is 0 Å². The Bertz CT molecular complexity index is 723. The number of rotatable bonds is 3. The normalized spacial score (nSPS) is 9.85. The lowest BCUT2D eigenvalue weighted by Gasteiger charge is -2.09. The summed E-state index contributed by atoms with van der Waals surface area (Å²) in [5.74, 6) is 1.02. The van der Waals surface area contributed by atoms with Crippen LogP contribution in [0.3, 0.4) is 0 Å². The highest BCUT2D eigenvalue weighted by atomic mass is 79.9. The van der Waals surface area contributed by atoms with Crippen molar-refractivity contribution in [2.24, 2.45) is 0 Å². The van der Waals surface area contributed by atoms with Gasteiger partial charge in [-0.3, -0.25) is 10.1 Å². The number of hydrogen-bond acceptors (Lipinski definition) is 4. The van der Waals surface area contributed by atoms with Gasteiger partial charge in [-0.05, 0) is 36.8 Å². The summed E-state index contributed by atoms with van der Waals surface area (Å²) in [6.07, 6.45) is 0. The van der Waals surface area contributed by atoms with E-state index in [-0.39, 0.29) is 11.3 Å². The zero-order chi connectivity index (χ0) is 14.7. The number of ether oxygens (including phenoxy) is 1. The van der Waals surface area contributed by atoms with Gasteiger partial charge in [0.1, 0.15) is 23.1 Å². The standard InChI is InChI=1S/C14H9BrN2O3/c1-9-6-11(15)2-5-14(9)20-12-3-4-13(17(18)19)10(7-12)8-16/h2-7H,1H3. The molecule has 6 heteroatoms. The molecule has 2 aromatic rings. The molecule has 0 radical (unpaired) electrons. The van der Waals surface area contributed by atoms with Crippen LogP contribution in [0.25, 0.3) is 0 Å². The highest BCUT2D eigenvalue weighted by Crippen LogP contribution is 2.30. The maximum Gasteiger partial charge on any atom is 0.287 e. The second-order valence-electron chi connectivity index (χ2n) is 4.06. The molecule has 0 saturated heterocycles. The van der Waals surface area contributed by atoms with Crippen LogP contribution in [0.1, 0.15) is 11.1 Å². The third kappa shape index (κ3) is 2.95. The summed E-state index contributed by atoms with van der Waals surface area (Å²) in [6, 6.07) is 11.4. The zero-order valence-corrected chi connectivity index (χ0v) is 12.0. The lowest BCUT2D eigenvalue weighted by molar-refractivity contribution is -0.385. The van der Waals surface area contributed by atoms with Crippen LogP contribution >= 0.6 is 15.9 Å². The van der Waals surface area contributed by atoms with E-state index >= 15 is 0 Å². The Labute approximate surface area is 123 Å². The Balaban J connectivity index is 2.35. The van der Waals surface area contributed by atoms with Gasteiger partial charge in [0.05, 0.1) is 4.92 Å². The summed E-state index contributed by atoms with van der Waals surface area (Å²) in [6.45, 7) is 1.89. The third-order valence-electron chi connectivity index (χ3n) is 2.65. The van der Waals surface area contributed by atoms with Crippen molar-refractivity contribution in [2.45, 2.75) is 6.92 Å². The molecule has 0 bridgehead atoms. The SMILES string of the molecule is Cc1cc(Br)ccc1Oc1ccc([N+](=O)[O-])c(C#N)c1. The van der Waals surface area contributed by atoms with Crippen molar-refractivity contribution in [3.63, 3.8) is 0 Å². The first-order chi connectivity index (χ1) is 9.51. The van der Waals surface area contributed by atoms with E-state index in [2.05, 4.69) is 15.9 Å². The second kappa shape index (κ2) is 5.72. The van der Waals surface area contributed by atoms with E-state index in [0.29, 0.717) is 11.5 Å². The summed E-state index contributed by atoms with van der Waals surface area (Å²) < 4.78 is 6.58. The van der Waals surface area contributed by atoms with Gasteiger partial charge in [-0.15, -0.1) is 0 Å². The quantitative estimate of drug-likeness (QED) is 0.619. The summed E-state index contributed by atoms with van der Waals surface area (Å²) in [5.41, 5.74) is 0.658. The summed E-state index contributed by atoms with van der Waals surface area (Å²) >= 11 is 3.36. The van der Waals surface area contributed by atoms with E-state index in [1.165, 1.54) is 18.2 Å². The Hall–Kier alpha value is -2.39. The monoisotopic (exact) mass is 332 g/mol. The molecular formula is C14H9BrN2O3. The highest BCUT2D eigenvalue weighted by Gasteiger charge is 2.14. The number of hydrogen-bond donors (Lipinski definition) is 0. The van der Waals surface area contributed by atoms with Crippen LogP contribution in [-0.2, 0) is 0 Å². The van der Waals surface area contributed by atoms with Crippen molar-refractivity contribution in [1.82, 2.24) is 0 Å². The van der Waals surface area contributed by atoms with Crippen molar-refractivity contribution in [1.29, 1.82) is 5.26 Å². The average molecular weight is 333 g/mol. The topological polar surface area (TPSA) is 76.2 Å². The molecule has 100 valence electrons. The summed E-state index contributed by atoms with van der Waals surface area (Å²) in [7, 11) is 0. The molecule has 2 rings (SSSR count). The molecule has 5 nitrogen and oxygen atoms in total. The minimum atomic E-state index is -0.590. The van der Waals surface area contributed by atoms with Gasteiger partial charge in [0, 0.05) is 16.6 Å². The van der Waals surface area contributed by atoms with E-state index in [4.69, 9.17) is 10.00 Å². The van der Waals surface area contributed by atoms with Crippen LogP contribution < -0.4 is 4.74 Å².